The summed E-state index contributed by atoms with van der Waals surface area (Å²) in [6.07, 6.45) is 0. The van der Waals surface area contributed by atoms with E-state index in [0.717, 1.165) is 5.56 Å². The summed E-state index contributed by atoms with van der Waals surface area (Å²) in [7, 11) is 3.27. The van der Waals surface area contributed by atoms with E-state index in [1.54, 1.807) is 55.5 Å². The number of nitrogens with zero attached hydrogens (tertiary/aromatic N) is 1. The summed E-state index contributed by atoms with van der Waals surface area (Å²) in [4.78, 5) is 25.6. The van der Waals surface area contributed by atoms with Gasteiger partial charge in [0, 0.05) is 29.7 Å². The van der Waals surface area contributed by atoms with Gasteiger partial charge < -0.3 is 19.7 Å². The normalized spacial score (nSPS) is 12.7. The summed E-state index contributed by atoms with van der Waals surface area (Å²) < 4.78 is 10.7. The lowest BCUT2D eigenvalue weighted by molar-refractivity contribution is -0.118. The maximum Gasteiger partial charge on any atom is 0.262 e. The first kappa shape index (κ1) is 17.1. The number of amides is 2. The molecule has 2 aromatic carbocycles. The van der Waals surface area contributed by atoms with Gasteiger partial charge in [0.15, 0.2) is 6.61 Å². The number of hydrogen-bond donors (Lipinski definition) is 1. The summed E-state index contributed by atoms with van der Waals surface area (Å²) >= 11 is 6.04. The van der Waals surface area contributed by atoms with E-state index in [0.29, 0.717) is 34.3 Å². The van der Waals surface area contributed by atoms with E-state index < -0.39 is 0 Å². The van der Waals surface area contributed by atoms with Gasteiger partial charge in [0.25, 0.3) is 11.8 Å². The second kappa shape index (κ2) is 7.03. The Balaban J connectivity index is 1.79. The highest BCUT2D eigenvalue weighted by Crippen LogP contribution is 2.29. The largest absolute Gasteiger partial charge is 0.496 e. The number of halogens is 1. The van der Waals surface area contributed by atoms with Crippen molar-refractivity contribution < 1.29 is 19.1 Å². The average Bonchev–Trinajstić information content (AvgIpc) is 2.60. The predicted octanol–water partition coefficient (Wildman–Crippen LogP) is 2.95. The molecule has 1 heterocycles. The molecule has 130 valence electrons. The fourth-order valence-corrected chi connectivity index (χ4v) is 2.82. The maximum absolute atomic E-state index is 12.7. The third-order valence-corrected chi connectivity index (χ3v) is 4.09. The summed E-state index contributed by atoms with van der Waals surface area (Å²) in [6.45, 7) is 0.289. The fourth-order valence-electron chi connectivity index (χ4n) is 2.63. The molecule has 0 aromatic heterocycles. The Morgan fingerprint density at radius 2 is 2.12 bits per heavy atom. The number of rotatable bonds is 4. The molecule has 0 unspecified atom stereocenters. The van der Waals surface area contributed by atoms with Crippen molar-refractivity contribution in [3.63, 3.8) is 0 Å². The number of hydrogen-bond acceptors (Lipinski definition) is 4. The molecule has 0 fully saturated rings. The Labute approximate surface area is 150 Å². The molecule has 0 saturated carbocycles. The highest BCUT2D eigenvalue weighted by atomic mass is 35.5. The van der Waals surface area contributed by atoms with E-state index in [2.05, 4.69) is 5.32 Å². The van der Waals surface area contributed by atoms with Crippen LogP contribution in [-0.2, 0) is 11.3 Å². The van der Waals surface area contributed by atoms with Crippen LogP contribution in [0, 0.1) is 0 Å². The molecule has 0 bridgehead atoms. The van der Waals surface area contributed by atoms with Crippen molar-refractivity contribution in [2.45, 2.75) is 6.54 Å². The average molecular weight is 361 g/mol. The molecule has 1 aliphatic heterocycles. The first-order valence-corrected chi connectivity index (χ1v) is 8.00. The summed E-state index contributed by atoms with van der Waals surface area (Å²) in [5.41, 5.74) is 1.85. The number of carbonyl (C=O) groups is 2. The molecule has 0 aliphatic carbocycles. The lowest BCUT2D eigenvalue weighted by Gasteiger charge is -2.21. The molecular weight excluding hydrogens is 344 g/mol. The van der Waals surface area contributed by atoms with Crippen LogP contribution in [0.2, 0.25) is 5.02 Å². The summed E-state index contributed by atoms with van der Waals surface area (Å²) in [6, 6.07) is 10.2. The van der Waals surface area contributed by atoms with Crippen LogP contribution < -0.4 is 14.8 Å². The molecule has 25 heavy (non-hydrogen) atoms. The lowest BCUT2D eigenvalue weighted by Crippen LogP contribution is -2.28. The van der Waals surface area contributed by atoms with Gasteiger partial charge in [-0.25, -0.2) is 0 Å². The number of anilines is 1. The minimum Gasteiger partial charge on any atom is -0.496 e. The van der Waals surface area contributed by atoms with E-state index in [-0.39, 0.29) is 18.4 Å². The number of nitrogens with one attached hydrogen (secondary N) is 1. The van der Waals surface area contributed by atoms with Gasteiger partial charge in [-0.15, -0.1) is 0 Å². The highest BCUT2D eigenvalue weighted by molar-refractivity contribution is 6.30. The van der Waals surface area contributed by atoms with Crippen LogP contribution >= 0.6 is 11.6 Å². The van der Waals surface area contributed by atoms with E-state index >= 15 is 0 Å². The fraction of sp³-hybridized carbons (Fsp3) is 0.222. The second-order valence-electron chi connectivity index (χ2n) is 5.67. The third-order valence-electron chi connectivity index (χ3n) is 3.86. The smallest absolute Gasteiger partial charge is 0.262 e. The van der Waals surface area contributed by atoms with Crippen molar-refractivity contribution in [3.05, 3.63) is 52.5 Å². The van der Waals surface area contributed by atoms with E-state index in [4.69, 9.17) is 21.1 Å². The van der Waals surface area contributed by atoms with Crippen molar-refractivity contribution in [1.82, 2.24) is 4.90 Å². The number of ether oxygens (including phenoxy) is 2. The van der Waals surface area contributed by atoms with Gasteiger partial charge in [-0.05, 0) is 36.4 Å². The molecule has 0 saturated heterocycles. The van der Waals surface area contributed by atoms with Gasteiger partial charge in [0.2, 0.25) is 0 Å². The van der Waals surface area contributed by atoms with Gasteiger partial charge in [-0.1, -0.05) is 11.6 Å². The molecule has 7 heteroatoms. The summed E-state index contributed by atoms with van der Waals surface area (Å²) in [5, 5.41) is 3.27. The number of fused-ring (bicyclic) bond motifs is 1. The SMILES string of the molecule is COc1ccc(Cl)cc1CN(C)C(=O)c1ccc2c(c1)OCC(=O)N2. The lowest BCUT2D eigenvalue weighted by atomic mass is 10.1. The molecule has 2 aromatic rings. The van der Waals surface area contributed by atoms with Crippen LogP contribution in [0.4, 0.5) is 5.69 Å². The van der Waals surface area contributed by atoms with Crippen LogP contribution in [0.25, 0.3) is 0 Å². The molecule has 1 aliphatic rings. The van der Waals surface area contributed by atoms with Gasteiger partial charge in [-0.3, -0.25) is 9.59 Å². The van der Waals surface area contributed by atoms with Crippen LogP contribution in [-0.4, -0.2) is 37.5 Å². The molecule has 2 amide bonds. The van der Waals surface area contributed by atoms with Crippen molar-refractivity contribution in [1.29, 1.82) is 0 Å². The van der Waals surface area contributed by atoms with Gasteiger partial charge >= 0.3 is 0 Å². The Morgan fingerprint density at radius 3 is 2.88 bits per heavy atom. The van der Waals surface area contributed by atoms with Gasteiger partial charge in [0.1, 0.15) is 11.5 Å². The highest BCUT2D eigenvalue weighted by Gasteiger charge is 2.20. The van der Waals surface area contributed by atoms with Crippen molar-refractivity contribution >= 4 is 29.1 Å². The summed E-state index contributed by atoms with van der Waals surface area (Å²) in [5.74, 6) is 0.766. The zero-order valence-electron chi connectivity index (χ0n) is 13.8. The molecule has 3 rings (SSSR count). The van der Waals surface area contributed by atoms with Crippen LogP contribution in [0.3, 0.4) is 0 Å². The monoisotopic (exact) mass is 360 g/mol. The Hall–Kier alpha value is -2.73. The van der Waals surface area contributed by atoms with Crippen LogP contribution in [0.1, 0.15) is 15.9 Å². The maximum atomic E-state index is 12.7. The third kappa shape index (κ3) is 3.69. The molecule has 0 radical (unpaired) electrons. The van der Waals surface area contributed by atoms with Crippen LogP contribution in [0.15, 0.2) is 36.4 Å². The predicted molar refractivity (Wildman–Crippen MR) is 94.4 cm³/mol. The molecule has 0 atom stereocenters. The number of benzene rings is 2. The minimum atomic E-state index is -0.211. The first-order valence-electron chi connectivity index (χ1n) is 7.62. The zero-order chi connectivity index (χ0) is 18.0. The van der Waals surface area contributed by atoms with E-state index in [1.165, 1.54) is 0 Å². The van der Waals surface area contributed by atoms with Crippen molar-refractivity contribution in [3.8, 4) is 11.5 Å². The Kier molecular flexibility index (Phi) is 4.81. The molecule has 1 N–H and O–H groups in total. The number of methoxy groups -OCH3 is 1. The first-order chi connectivity index (χ1) is 12.0. The molecular formula is C18H17ClN2O4. The van der Waals surface area contributed by atoms with Crippen molar-refractivity contribution in [2.75, 3.05) is 26.1 Å². The Morgan fingerprint density at radius 1 is 1.32 bits per heavy atom. The zero-order valence-corrected chi connectivity index (χ0v) is 14.6. The number of carbonyl (C=O) groups excluding carboxylic acids is 2. The Bertz CT molecular complexity index is 838. The quantitative estimate of drug-likeness (QED) is 0.910. The molecule has 6 nitrogen and oxygen atoms in total. The van der Waals surface area contributed by atoms with E-state index in [9.17, 15) is 9.59 Å². The second-order valence-corrected chi connectivity index (χ2v) is 6.10. The topological polar surface area (TPSA) is 67.9 Å². The van der Waals surface area contributed by atoms with Crippen molar-refractivity contribution in [2.24, 2.45) is 0 Å². The minimum absolute atomic E-state index is 0.0554. The standard InChI is InChI=1S/C18H17ClN2O4/c1-21(9-12-7-13(19)4-6-15(12)24-2)18(23)11-3-5-14-16(8-11)25-10-17(22)20-14/h3-8H,9-10H2,1-2H3,(H,20,22). The molecule has 0 spiro atoms. The van der Waals surface area contributed by atoms with Crippen LogP contribution in [0.5, 0.6) is 11.5 Å². The van der Waals surface area contributed by atoms with E-state index in [1.807, 2.05) is 0 Å². The van der Waals surface area contributed by atoms with Gasteiger partial charge in [-0.2, -0.15) is 0 Å². The van der Waals surface area contributed by atoms with Gasteiger partial charge in [0.05, 0.1) is 12.8 Å².